The van der Waals surface area contributed by atoms with Crippen LogP contribution >= 0.6 is 0 Å². The first-order valence-electron chi connectivity index (χ1n) is 7.82. The van der Waals surface area contributed by atoms with E-state index in [1.165, 1.54) is 23.1 Å². The molecule has 0 saturated heterocycles. The number of hydrogen-bond acceptors (Lipinski definition) is 3. The predicted octanol–water partition coefficient (Wildman–Crippen LogP) is 2.63. The highest BCUT2D eigenvalue weighted by Gasteiger charge is 2.34. The Labute approximate surface area is 143 Å². The SMILES string of the molecule is O=C(NCCCN1C(=O)c2ccccc2C1=O)Nc1cccc(F)c1. The third-order valence-electron chi connectivity index (χ3n) is 3.80. The topological polar surface area (TPSA) is 78.5 Å². The van der Waals surface area contributed by atoms with Gasteiger partial charge in [-0.3, -0.25) is 14.5 Å². The molecule has 0 fully saturated rings. The molecule has 0 unspecified atom stereocenters. The number of nitrogens with one attached hydrogen (secondary N) is 2. The zero-order valence-corrected chi connectivity index (χ0v) is 13.3. The van der Waals surface area contributed by atoms with E-state index in [-0.39, 0.29) is 24.9 Å². The van der Waals surface area contributed by atoms with E-state index in [4.69, 9.17) is 0 Å². The molecule has 0 aromatic heterocycles. The van der Waals surface area contributed by atoms with Gasteiger partial charge in [-0.25, -0.2) is 9.18 Å². The molecule has 0 bridgehead atoms. The monoisotopic (exact) mass is 341 g/mol. The molecule has 2 aromatic carbocycles. The maximum absolute atomic E-state index is 13.0. The van der Waals surface area contributed by atoms with Crippen LogP contribution in [0.2, 0.25) is 0 Å². The molecule has 3 rings (SSSR count). The van der Waals surface area contributed by atoms with Crippen LogP contribution in [-0.4, -0.2) is 35.8 Å². The fourth-order valence-corrected chi connectivity index (χ4v) is 2.62. The first kappa shape index (κ1) is 16.6. The zero-order valence-electron chi connectivity index (χ0n) is 13.3. The van der Waals surface area contributed by atoms with Gasteiger partial charge >= 0.3 is 6.03 Å². The number of amides is 4. The van der Waals surface area contributed by atoms with Gasteiger partial charge in [0, 0.05) is 18.8 Å². The fourth-order valence-electron chi connectivity index (χ4n) is 2.62. The van der Waals surface area contributed by atoms with Crippen molar-refractivity contribution in [2.24, 2.45) is 0 Å². The van der Waals surface area contributed by atoms with Crippen molar-refractivity contribution in [2.75, 3.05) is 18.4 Å². The second-order valence-electron chi connectivity index (χ2n) is 5.55. The molecule has 1 aliphatic heterocycles. The molecule has 2 aromatic rings. The molecule has 0 spiro atoms. The molecule has 6 nitrogen and oxygen atoms in total. The standard InChI is InChI=1S/C18H16FN3O3/c19-12-5-3-6-13(11-12)21-18(25)20-9-4-10-22-16(23)14-7-1-2-8-15(14)17(22)24/h1-3,5-8,11H,4,9-10H2,(H2,20,21,25). The van der Waals surface area contributed by atoms with E-state index >= 15 is 0 Å². The summed E-state index contributed by atoms with van der Waals surface area (Å²) in [4.78, 5) is 37.3. The number of hydrogen-bond donors (Lipinski definition) is 2. The first-order valence-corrected chi connectivity index (χ1v) is 7.82. The van der Waals surface area contributed by atoms with Gasteiger partial charge in [0.15, 0.2) is 0 Å². The smallest absolute Gasteiger partial charge is 0.319 e. The normalized spacial score (nSPS) is 12.9. The number of carbonyl (C=O) groups excluding carboxylic acids is 3. The summed E-state index contributed by atoms with van der Waals surface area (Å²) < 4.78 is 13.0. The lowest BCUT2D eigenvalue weighted by atomic mass is 10.1. The minimum atomic E-state index is -0.479. The molecular weight excluding hydrogens is 325 g/mol. The summed E-state index contributed by atoms with van der Waals surface area (Å²) in [6.07, 6.45) is 0.419. The Hall–Kier alpha value is -3.22. The molecule has 7 heteroatoms. The van der Waals surface area contributed by atoms with E-state index in [0.29, 0.717) is 23.2 Å². The summed E-state index contributed by atoms with van der Waals surface area (Å²) in [5.41, 5.74) is 1.16. The predicted molar refractivity (Wildman–Crippen MR) is 89.8 cm³/mol. The molecule has 1 heterocycles. The van der Waals surface area contributed by atoms with Crippen LogP contribution in [0.15, 0.2) is 48.5 Å². The lowest BCUT2D eigenvalue weighted by molar-refractivity contribution is 0.0653. The molecule has 128 valence electrons. The van der Waals surface area contributed by atoms with Crippen molar-refractivity contribution in [1.82, 2.24) is 10.2 Å². The molecule has 0 saturated carbocycles. The number of urea groups is 1. The van der Waals surface area contributed by atoms with Gasteiger partial charge in [-0.1, -0.05) is 18.2 Å². The number of anilines is 1. The van der Waals surface area contributed by atoms with Crippen molar-refractivity contribution in [3.8, 4) is 0 Å². The van der Waals surface area contributed by atoms with Crippen LogP contribution in [-0.2, 0) is 0 Å². The molecule has 1 aliphatic rings. The average molecular weight is 341 g/mol. The van der Waals surface area contributed by atoms with Crippen LogP contribution < -0.4 is 10.6 Å². The molecule has 0 radical (unpaired) electrons. The quantitative estimate of drug-likeness (QED) is 0.648. The Morgan fingerprint density at radius 3 is 2.32 bits per heavy atom. The number of imide groups is 1. The lowest BCUT2D eigenvalue weighted by Crippen LogP contribution is -2.35. The van der Waals surface area contributed by atoms with Gasteiger partial charge in [-0.2, -0.15) is 0 Å². The van der Waals surface area contributed by atoms with Crippen molar-refractivity contribution in [3.63, 3.8) is 0 Å². The van der Waals surface area contributed by atoms with Crippen LogP contribution in [0.5, 0.6) is 0 Å². The van der Waals surface area contributed by atoms with Crippen molar-refractivity contribution < 1.29 is 18.8 Å². The summed E-state index contributed by atoms with van der Waals surface area (Å²) in [6, 6.07) is 11.8. The highest BCUT2D eigenvalue weighted by Crippen LogP contribution is 2.22. The molecule has 2 N–H and O–H groups in total. The average Bonchev–Trinajstić information content (AvgIpc) is 2.84. The fraction of sp³-hybridized carbons (Fsp3) is 0.167. The number of nitrogens with zero attached hydrogens (tertiary/aromatic N) is 1. The van der Waals surface area contributed by atoms with Crippen LogP contribution in [0.3, 0.4) is 0 Å². The van der Waals surface area contributed by atoms with Crippen molar-refractivity contribution in [2.45, 2.75) is 6.42 Å². The van der Waals surface area contributed by atoms with Crippen LogP contribution in [0.25, 0.3) is 0 Å². The van der Waals surface area contributed by atoms with Crippen LogP contribution in [0.1, 0.15) is 27.1 Å². The third kappa shape index (κ3) is 3.65. The maximum Gasteiger partial charge on any atom is 0.319 e. The summed E-state index contributed by atoms with van der Waals surface area (Å²) >= 11 is 0. The van der Waals surface area contributed by atoms with Gasteiger partial charge in [-0.15, -0.1) is 0 Å². The van der Waals surface area contributed by atoms with Gasteiger partial charge in [0.1, 0.15) is 5.82 Å². The van der Waals surface area contributed by atoms with E-state index in [1.54, 1.807) is 30.3 Å². The van der Waals surface area contributed by atoms with Gasteiger partial charge in [0.25, 0.3) is 11.8 Å². The Morgan fingerprint density at radius 2 is 1.68 bits per heavy atom. The molecule has 25 heavy (non-hydrogen) atoms. The molecular formula is C18H16FN3O3. The Bertz CT molecular complexity index is 803. The van der Waals surface area contributed by atoms with Crippen molar-refractivity contribution >= 4 is 23.5 Å². The Morgan fingerprint density at radius 1 is 1.00 bits per heavy atom. The highest BCUT2D eigenvalue weighted by atomic mass is 19.1. The van der Waals surface area contributed by atoms with Crippen LogP contribution in [0, 0.1) is 5.82 Å². The summed E-state index contributed by atoms with van der Waals surface area (Å²) in [5.74, 6) is -1.07. The van der Waals surface area contributed by atoms with E-state index < -0.39 is 11.8 Å². The minimum absolute atomic E-state index is 0.215. The summed E-state index contributed by atoms with van der Waals surface area (Å²) in [7, 11) is 0. The number of halogens is 1. The van der Waals surface area contributed by atoms with Crippen LogP contribution in [0.4, 0.5) is 14.9 Å². The molecule has 0 atom stereocenters. The van der Waals surface area contributed by atoms with E-state index in [2.05, 4.69) is 10.6 Å². The van der Waals surface area contributed by atoms with E-state index in [1.807, 2.05) is 0 Å². The van der Waals surface area contributed by atoms with Crippen molar-refractivity contribution in [3.05, 3.63) is 65.5 Å². The third-order valence-corrected chi connectivity index (χ3v) is 3.80. The summed E-state index contributed by atoms with van der Waals surface area (Å²) in [6.45, 7) is 0.487. The van der Waals surface area contributed by atoms with Gasteiger partial charge in [-0.05, 0) is 36.8 Å². The zero-order chi connectivity index (χ0) is 17.8. The molecule has 4 amide bonds. The lowest BCUT2D eigenvalue weighted by Gasteiger charge is -2.14. The first-order chi connectivity index (χ1) is 12.1. The van der Waals surface area contributed by atoms with E-state index in [0.717, 1.165) is 0 Å². The van der Waals surface area contributed by atoms with Gasteiger partial charge < -0.3 is 10.6 Å². The minimum Gasteiger partial charge on any atom is -0.338 e. The van der Waals surface area contributed by atoms with Gasteiger partial charge in [0.2, 0.25) is 0 Å². The summed E-state index contributed by atoms with van der Waals surface area (Å²) in [5, 5.41) is 5.11. The molecule has 0 aliphatic carbocycles. The maximum atomic E-state index is 13.0. The van der Waals surface area contributed by atoms with Crippen molar-refractivity contribution in [1.29, 1.82) is 0 Å². The Balaban J connectivity index is 1.45. The number of fused-ring (bicyclic) bond motifs is 1. The second-order valence-corrected chi connectivity index (χ2v) is 5.55. The highest BCUT2D eigenvalue weighted by molar-refractivity contribution is 6.21. The van der Waals surface area contributed by atoms with Gasteiger partial charge in [0.05, 0.1) is 11.1 Å². The number of rotatable bonds is 5. The number of benzene rings is 2. The number of carbonyl (C=O) groups is 3. The Kier molecular flexibility index (Phi) is 4.74. The van der Waals surface area contributed by atoms with E-state index in [9.17, 15) is 18.8 Å². The largest absolute Gasteiger partial charge is 0.338 e. The second kappa shape index (κ2) is 7.12.